The van der Waals surface area contributed by atoms with Crippen molar-refractivity contribution in [3.63, 3.8) is 0 Å². The fourth-order valence-corrected chi connectivity index (χ4v) is 14.0. The van der Waals surface area contributed by atoms with E-state index in [0.717, 1.165) is 95.8 Å². The van der Waals surface area contributed by atoms with Crippen molar-refractivity contribution < 1.29 is 80.2 Å². The lowest BCUT2D eigenvalue weighted by Crippen LogP contribution is -2.30. The predicted octanol–water partition coefficient (Wildman–Crippen LogP) is 24.0. The second kappa shape index (κ2) is 73.0. The summed E-state index contributed by atoms with van der Waals surface area (Å²) in [7, 11) is -9.91. The van der Waals surface area contributed by atoms with E-state index in [1.165, 1.54) is 250 Å². The molecule has 3 N–H and O–H groups in total. The van der Waals surface area contributed by atoms with Crippen LogP contribution in [0.25, 0.3) is 0 Å². The molecule has 19 heteroatoms. The average Bonchev–Trinajstić information content (AvgIpc) is 1.57. The first-order chi connectivity index (χ1) is 48.0. The molecule has 0 saturated carbocycles. The number of aliphatic hydroxyl groups is 1. The molecular weight excluding hydrogens is 1290 g/mol. The van der Waals surface area contributed by atoms with E-state index in [4.69, 9.17) is 37.0 Å². The van der Waals surface area contributed by atoms with Crippen molar-refractivity contribution in [3.8, 4) is 0 Å². The summed E-state index contributed by atoms with van der Waals surface area (Å²) in [6, 6.07) is 0. The topological polar surface area (TPSA) is 237 Å². The third-order valence-electron chi connectivity index (χ3n) is 18.8. The van der Waals surface area contributed by atoms with E-state index < -0.39 is 97.5 Å². The molecular formula is C80H156O17P2. The zero-order chi connectivity index (χ0) is 72.7. The van der Waals surface area contributed by atoms with Gasteiger partial charge in [-0.2, -0.15) is 0 Å². The van der Waals surface area contributed by atoms with Gasteiger partial charge < -0.3 is 33.8 Å². The Kier molecular flexibility index (Phi) is 71.6. The van der Waals surface area contributed by atoms with Crippen LogP contribution < -0.4 is 0 Å². The zero-order valence-corrected chi connectivity index (χ0v) is 66.4. The molecule has 0 aromatic heterocycles. The van der Waals surface area contributed by atoms with Crippen LogP contribution >= 0.6 is 15.6 Å². The van der Waals surface area contributed by atoms with Gasteiger partial charge in [0.05, 0.1) is 26.4 Å². The third kappa shape index (κ3) is 74.1. The smallest absolute Gasteiger partial charge is 0.462 e. The molecule has 5 atom stereocenters. The summed E-state index contributed by atoms with van der Waals surface area (Å²) in [4.78, 5) is 72.9. The van der Waals surface area contributed by atoms with Crippen molar-refractivity contribution in [2.45, 2.75) is 445 Å². The van der Waals surface area contributed by atoms with Gasteiger partial charge in [-0.3, -0.25) is 37.3 Å². The molecule has 0 aliphatic carbocycles. The molecule has 2 unspecified atom stereocenters. The molecule has 0 aliphatic rings. The van der Waals surface area contributed by atoms with Crippen LogP contribution in [0.15, 0.2) is 0 Å². The van der Waals surface area contributed by atoms with Crippen LogP contribution in [0.4, 0.5) is 0 Å². The van der Waals surface area contributed by atoms with Gasteiger partial charge in [0.2, 0.25) is 0 Å². The SMILES string of the molecule is CCCCCCCCCCCCCCCCCCCCCC(=O)O[C@H](COC(=O)CCCCCCCCCCCCCCCCCC)COP(=O)(O)OC[C@@H](O)COP(=O)(O)OC[C@@H](COC(=O)CCCCCCCCCCC)OC(=O)CCCCCCCCCCCCCCC(C)C. The molecule has 0 fully saturated rings. The summed E-state index contributed by atoms with van der Waals surface area (Å²) < 4.78 is 68.7. The van der Waals surface area contributed by atoms with E-state index in [9.17, 15) is 43.2 Å². The molecule has 0 spiro atoms. The van der Waals surface area contributed by atoms with Crippen LogP contribution in [0.2, 0.25) is 0 Å². The summed E-state index contributed by atoms with van der Waals surface area (Å²) >= 11 is 0. The van der Waals surface area contributed by atoms with Crippen molar-refractivity contribution in [3.05, 3.63) is 0 Å². The maximum absolute atomic E-state index is 13.1. The van der Waals surface area contributed by atoms with E-state index >= 15 is 0 Å². The molecule has 0 bridgehead atoms. The zero-order valence-electron chi connectivity index (χ0n) is 64.6. The minimum atomic E-state index is -4.96. The highest BCUT2D eigenvalue weighted by atomic mass is 31.2. The highest BCUT2D eigenvalue weighted by Gasteiger charge is 2.30. The summed E-state index contributed by atoms with van der Waals surface area (Å²) in [5, 5.41) is 10.6. The van der Waals surface area contributed by atoms with E-state index in [1.807, 2.05) is 0 Å². The maximum atomic E-state index is 13.1. The van der Waals surface area contributed by atoms with Gasteiger partial charge >= 0.3 is 39.5 Å². The number of carbonyl (C=O) groups excluding carboxylic acids is 4. The fraction of sp³-hybridized carbons (Fsp3) is 0.950. The fourth-order valence-electron chi connectivity index (χ4n) is 12.4. The van der Waals surface area contributed by atoms with E-state index in [0.29, 0.717) is 25.7 Å². The molecule has 99 heavy (non-hydrogen) atoms. The number of rotatable bonds is 80. The minimum absolute atomic E-state index is 0.107. The first-order valence-corrected chi connectivity index (χ1v) is 44.6. The van der Waals surface area contributed by atoms with Gasteiger partial charge in [-0.25, -0.2) is 9.13 Å². The summed E-state index contributed by atoms with van der Waals surface area (Å²) in [5.41, 5.74) is 0. The molecule has 0 rings (SSSR count). The highest BCUT2D eigenvalue weighted by molar-refractivity contribution is 7.47. The monoisotopic (exact) mass is 1450 g/mol. The second-order valence-electron chi connectivity index (χ2n) is 29.3. The molecule has 0 saturated heterocycles. The lowest BCUT2D eigenvalue weighted by atomic mass is 10.0. The molecule has 0 aromatic rings. The van der Waals surface area contributed by atoms with Gasteiger partial charge in [0.25, 0.3) is 0 Å². The standard InChI is InChI=1S/C80H156O17P2/c1-6-9-12-15-18-21-23-25-27-29-30-31-33-35-40-45-50-55-60-65-79(84)97-76(70-91-78(83)64-59-54-49-44-39-34-32-28-26-24-22-19-16-13-10-7-2)72-95-99(88,89)93-68-74(81)67-92-98(86,87)94-71-75(69-90-77(82)63-58-53-48-42-20-17-14-11-8-3)96-80(85)66-61-56-51-46-41-37-36-38-43-47-52-57-62-73(4)5/h73-76,81H,6-72H2,1-5H3,(H,86,87)(H,88,89)/t74-,75+,76+/m0/s1. The van der Waals surface area contributed by atoms with E-state index in [-0.39, 0.29) is 25.7 Å². The summed E-state index contributed by atoms with van der Waals surface area (Å²) in [6.45, 7) is 7.32. The Morgan fingerprint density at radius 1 is 0.273 bits per heavy atom. The van der Waals surface area contributed by atoms with Crippen molar-refractivity contribution in [1.82, 2.24) is 0 Å². The number of phosphoric acid groups is 2. The molecule has 588 valence electrons. The summed E-state index contributed by atoms with van der Waals surface area (Å²) in [5.74, 6) is -1.33. The third-order valence-corrected chi connectivity index (χ3v) is 20.7. The quantitative estimate of drug-likeness (QED) is 0.0222. The highest BCUT2D eigenvalue weighted by Crippen LogP contribution is 2.45. The average molecular weight is 1450 g/mol. The van der Waals surface area contributed by atoms with Crippen molar-refractivity contribution in [1.29, 1.82) is 0 Å². The Morgan fingerprint density at radius 3 is 0.687 bits per heavy atom. The minimum Gasteiger partial charge on any atom is -0.462 e. The van der Waals surface area contributed by atoms with Crippen LogP contribution in [0.1, 0.15) is 426 Å². The van der Waals surface area contributed by atoms with E-state index in [1.54, 1.807) is 0 Å². The predicted molar refractivity (Wildman–Crippen MR) is 405 cm³/mol. The van der Waals surface area contributed by atoms with Crippen LogP contribution in [0.3, 0.4) is 0 Å². The number of unbranched alkanes of at least 4 members (excludes halogenated alkanes) is 52. The van der Waals surface area contributed by atoms with Gasteiger partial charge in [-0.05, 0) is 31.6 Å². The van der Waals surface area contributed by atoms with Gasteiger partial charge in [-0.1, -0.05) is 375 Å². The van der Waals surface area contributed by atoms with Gasteiger partial charge in [0, 0.05) is 25.7 Å². The van der Waals surface area contributed by atoms with Crippen LogP contribution in [-0.2, 0) is 65.4 Å². The van der Waals surface area contributed by atoms with Gasteiger partial charge in [-0.15, -0.1) is 0 Å². The van der Waals surface area contributed by atoms with Crippen molar-refractivity contribution in [2.24, 2.45) is 5.92 Å². The first kappa shape index (κ1) is 97.1. The molecule has 0 heterocycles. The number of carbonyl (C=O) groups is 4. The number of phosphoric ester groups is 2. The number of ether oxygens (including phenoxy) is 4. The van der Waals surface area contributed by atoms with E-state index in [2.05, 4.69) is 34.6 Å². The Balaban J connectivity index is 5.22. The largest absolute Gasteiger partial charge is 0.472 e. The molecule has 0 amide bonds. The Bertz CT molecular complexity index is 1890. The lowest BCUT2D eigenvalue weighted by Gasteiger charge is -2.21. The number of aliphatic hydroxyl groups excluding tert-OH is 1. The molecule has 0 aromatic carbocycles. The Morgan fingerprint density at radius 2 is 0.465 bits per heavy atom. The number of esters is 4. The maximum Gasteiger partial charge on any atom is 0.472 e. The van der Waals surface area contributed by atoms with Gasteiger partial charge in [0.15, 0.2) is 12.2 Å². The molecule has 0 aliphatic heterocycles. The first-order valence-electron chi connectivity index (χ1n) is 41.6. The second-order valence-corrected chi connectivity index (χ2v) is 32.2. The van der Waals surface area contributed by atoms with Crippen molar-refractivity contribution in [2.75, 3.05) is 39.6 Å². The molecule has 0 radical (unpaired) electrons. The number of hydrogen-bond acceptors (Lipinski definition) is 15. The number of hydrogen-bond donors (Lipinski definition) is 3. The van der Waals surface area contributed by atoms with Gasteiger partial charge in [0.1, 0.15) is 19.3 Å². The normalized spacial score (nSPS) is 13.9. The summed E-state index contributed by atoms with van der Waals surface area (Å²) in [6.07, 6.45) is 63.8. The Labute approximate surface area is 607 Å². The lowest BCUT2D eigenvalue weighted by molar-refractivity contribution is -0.161. The van der Waals surface area contributed by atoms with Crippen LogP contribution in [0, 0.1) is 5.92 Å². The Hall–Kier alpha value is -1.94. The molecule has 17 nitrogen and oxygen atoms in total. The van der Waals surface area contributed by atoms with Crippen LogP contribution in [-0.4, -0.2) is 96.7 Å². The van der Waals surface area contributed by atoms with Crippen LogP contribution in [0.5, 0.6) is 0 Å². The van der Waals surface area contributed by atoms with Crippen molar-refractivity contribution >= 4 is 39.5 Å².